The van der Waals surface area contributed by atoms with E-state index in [1.807, 2.05) is 53.3 Å². The van der Waals surface area contributed by atoms with Crippen LogP contribution in [0.5, 0.6) is 0 Å². The van der Waals surface area contributed by atoms with Crippen molar-refractivity contribution in [2.45, 2.75) is 12.1 Å². The topological polar surface area (TPSA) is 59.8 Å². The molecule has 4 aromatic rings. The molecule has 5 nitrogen and oxygen atoms in total. The fourth-order valence-electron chi connectivity index (χ4n) is 2.81. The van der Waals surface area contributed by atoms with Gasteiger partial charge in [-0.1, -0.05) is 58.7 Å². The summed E-state index contributed by atoms with van der Waals surface area (Å²) < 4.78 is 2.01. The van der Waals surface area contributed by atoms with Gasteiger partial charge in [-0.3, -0.25) is 9.36 Å². The average molecular weight is 475 g/mol. The number of carbonyl (C=O) groups excluding carboxylic acids is 1. The summed E-state index contributed by atoms with van der Waals surface area (Å²) in [5, 5.41) is 6.86. The number of hydrogen-bond donors (Lipinski definition) is 1. The van der Waals surface area contributed by atoms with E-state index in [4.69, 9.17) is 23.2 Å². The molecule has 0 bridgehead atoms. The number of halogens is 2. The minimum absolute atomic E-state index is 0.135. The smallest absolute Gasteiger partial charge is 0.236 e. The third-order valence-electron chi connectivity index (χ3n) is 4.25. The maximum absolute atomic E-state index is 12.3. The number of benzene rings is 2. The van der Waals surface area contributed by atoms with Gasteiger partial charge in [-0.05, 0) is 31.2 Å². The first-order valence-electron chi connectivity index (χ1n) is 8.93. The van der Waals surface area contributed by atoms with Gasteiger partial charge >= 0.3 is 0 Å². The lowest BCUT2D eigenvalue weighted by Gasteiger charge is -2.13. The van der Waals surface area contributed by atoms with Gasteiger partial charge in [0.15, 0.2) is 10.3 Å². The Hall–Kier alpha value is -2.32. The van der Waals surface area contributed by atoms with E-state index >= 15 is 0 Å². The maximum atomic E-state index is 12.3. The normalized spacial score (nSPS) is 10.9. The summed E-state index contributed by atoms with van der Waals surface area (Å²) in [4.78, 5) is 20.9. The molecule has 0 saturated carbocycles. The molecule has 2 aromatic carbocycles. The minimum Gasteiger partial charge on any atom is -0.301 e. The summed E-state index contributed by atoms with van der Waals surface area (Å²) >= 11 is 15.1. The molecule has 152 valence electrons. The second-order valence-corrected chi connectivity index (χ2v) is 9.05. The highest BCUT2D eigenvalue weighted by Crippen LogP contribution is 2.33. The monoisotopic (exact) mass is 474 g/mol. The van der Waals surface area contributed by atoms with Gasteiger partial charge in [-0.2, -0.15) is 0 Å². The van der Waals surface area contributed by atoms with E-state index in [1.165, 1.54) is 23.1 Å². The molecule has 1 amide bonds. The van der Waals surface area contributed by atoms with E-state index in [-0.39, 0.29) is 11.7 Å². The molecule has 0 aliphatic heterocycles. The van der Waals surface area contributed by atoms with Crippen LogP contribution in [0.25, 0.3) is 16.9 Å². The zero-order chi connectivity index (χ0) is 21.1. The lowest BCUT2D eigenvalue weighted by molar-refractivity contribution is -0.113. The average Bonchev–Trinajstić information content (AvgIpc) is 3.39. The highest BCUT2D eigenvalue weighted by molar-refractivity contribution is 7.99. The molecule has 30 heavy (non-hydrogen) atoms. The summed E-state index contributed by atoms with van der Waals surface area (Å²) in [7, 11) is 0. The molecule has 0 spiro atoms. The van der Waals surface area contributed by atoms with Crippen molar-refractivity contribution in [3.8, 4) is 16.9 Å². The van der Waals surface area contributed by atoms with Crippen molar-refractivity contribution in [3.63, 3.8) is 0 Å². The molecule has 0 radical (unpaired) electrons. The largest absolute Gasteiger partial charge is 0.301 e. The summed E-state index contributed by atoms with van der Waals surface area (Å²) in [6.45, 7) is 2.04. The number of thiazole rings is 1. The molecule has 2 aromatic heterocycles. The van der Waals surface area contributed by atoms with Crippen LogP contribution in [0, 0.1) is 6.92 Å². The molecule has 0 atom stereocenters. The Morgan fingerprint density at radius 3 is 2.63 bits per heavy atom. The Labute approximate surface area is 192 Å². The number of thioether (sulfide) groups is 1. The van der Waals surface area contributed by atoms with E-state index in [9.17, 15) is 4.79 Å². The number of carbonyl (C=O) groups is 1. The van der Waals surface area contributed by atoms with Gasteiger partial charge in [0.25, 0.3) is 0 Å². The number of hydrogen-bond acceptors (Lipinski definition) is 5. The molecule has 0 aliphatic rings. The maximum Gasteiger partial charge on any atom is 0.236 e. The van der Waals surface area contributed by atoms with Crippen LogP contribution in [-0.2, 0) is 4.79 Å². The Kier molecular flexibility index (Phi) is 6.43. The van der Waals surface area contributed by atoms with Crippen LogP contribution >= 0.6 is 46.3 Å². The minimum atomic E-state index is -0.135. The van der Waals surface area contributed by atoms with Crippen LogP contribution in [0.4, 0.5) is 5.13 Å². The first-order valence-corrected chi connectivity index (χ1v) is 11.6. The molecule has 2 heterocycles. The van der Waals surface area contributed by atoms with Gasteiger partial charge in [0, 0.05) is 22.8 Å². The molecular weight excluding hydrogens is 459 g/mol. The van der Waals surface area contributed by atoms with Crippen LogP contribution < -0.4 is 5.32 Å². The predicted molar refractivity (Wildman–Crippen MR) is 125 cm³/mol. The van der Waals surface area contributed by atoms with Gasteiger partial charge in [0.2, 0.25) is 5.91 Å². The molecule has 0 fully saturated rings. The van der Waals surface area contributed by atoms with Crippen molar-refractivity contribution in [2.24, 2.45) is 0 Å². The molecule has 0 saturated heterocycles. The van der Waals surface area contributed by atoms with Crippen molar-refractivity contribution >= 4 is 57.3 Å². The number of aromatic nitrogens is 3. The van der Waals surface area contributed by atoms with Crippen molar-refractivity contribution in [1.29, 1.82) is 0 Å². The fraction of sp³-hybridized carbons (Fsp3) is 0.0952. The first-order chi connectivity index (χ1) is 14.5. The van der Waals surface area contributed by atoms with Crippen LogP contribution in [0.3, 0.4) is 0 Å². The highest BCUT2D eigenvalue weighted by Gasteiger charge is 2.16. The number of rotatable bonds is 6. The van der Waals surface area contributed by atoms with Gasteiger partial charge < -0.3 is 5.32 Å². The number of nitrogens with one attached hydrogen (secondary N) is 1. The van der Waals surface area contributed by atoms with Crippen LogP contribution in [0.1, 0.15) is 5.56 Å². The first kappa shape index (κ1) is 20.9. The number of nitrogens with zero attached hydrogens (tertiary/aromatic N) is 3. The van der Waals surface area contributed by atoms with Crippen molar-refractivity contribution in [3.05, 3.63) is 75.8 Å². The Morgan fingerprint density at radius 1 is 1.13 bits per heavy atom. The summed E-state index contributed by atoms with van der Waals surface area (Å²) in [6.07, 6.45) is 3.43. The quantitative estimate of drug-likeness (QED) is 0.331. The zero-order valence-electron chi connectivity index (χ0n) is 15.8. The highest BCUT2D eigenvalue weighted by atomic mass is 35.5. The lowest BCUT2D eigenvalue weighted by Crippen LogP contribution is -2.14. The summed E-state index contributed by atoms with van der Waals surface area (Å²) in [5.41, 5.74) is 3.85. The number of anilines is 1. The van der Waals surface area contributed by atoms with Gasteiger partial charge in [0.1, 0.15) is 0 Å². The standard InChI is InChI=1S/C21H16Cl2N4OS2/c1-13-2-5-15(6-3-13)27-18(14-4-7-16(22)17(23)10-14)11-25-21(27)30-12-19(28)26-20-24-8-9-29-20/h2-11H,12H2,1H3,(H,24,26,28). The molecule has 4 rings (SSSR count). The van der Waals surface area contributed by atoms with Crippen molar-refractivity contribution in [2.75, 3.05) is 11.1 Å². The zero-order valence-corrected chi connectivity index (χ0v) is 18.9. The molecule has 1 N–H and O–H groups in total. The molecule has 9 heteroatoms. The van der Waals surface area contributed by atoms with E-state index in [1.54, 1.807) is 18.5 Å². The van der Waals surface area contributed by atoms with Crippen molar-refractivity contribution in [1.82, 2.24) is 14.5 Å². The Bertz CT molecular complexity index is 1170. The Balaban J connectivity index is 1.66. The number of imidazole rings is 1. The van der Waals surface area contributed by atoms with Crippen LogP contribution in [0.2, 0.25) is 10.0 Å². The second kappa shape index (κ2) is 9.22. The second-order valence-electron chi connectivity index (χ2n) is 6.40. The molecule has 0 aliphatic carbocycles. The Morgan fingerprint density at radius 2 is 1.93 bits per heavy atom. The van der Waals surface area contributed by atoms with Gasteiger partial charge in [0.05, 0.1) is 27.7 Å². The molecule has 0 unspecified atom stereocenters. The van der Waals surface area contributed by atoms with E-state index in [0.717, 1.165) is 22.5 Å². The number of amides is 1. The lowest BCUT2D eigenvalue weighted by atomic mass is 10.1. The van der Waals surface area contributed by atoms with Gasteiger partial charge in [-0.25, -0.2) is 9.97 Å². The van der Waals surface area contributed by atoms with Crippen LogP contribution in [-0.4, -0.2) is 26.2 Å². The third-order valence-corrected chi connectivity index (χ3v) is 6.63. The van der Waals surface area contributed by atoms with Crippen LogP contribution in [0.15, 0.2) is 65.4 Å². The van der Waals surface area contributed by atoms with E-state index in [2.05, 4.69) is 15.3 Å². The van der Waals surface area contributed by atoms with Gasteiger partial charge in [-0.15, -0.1) is 11.3 Å². The van der Waals surface area contributed by atoms with E-state index in [0.29, 0.717) is 20.3 Å². The van der Waals surface area contributed by atoms with E-state index < -0.39 is 0 Å². The predicted octanol–water partition coefficient (Wildman–Crippen LogP) is 6.34. The summed E-state index contributed by atoms with van der Waals surface area (Å²) in [5.74, 6) is 0.0768. The molecular formula is C21H16Cl2N4OS2. The summed E-state index contributed by atoms with van der Waals surface area (Å²) in [6, 6.07) is 13.6. The number of aryl methyl sites for hydroxylation is 1. The fourth-order valence-corrected chi connectivity index (χ4v) is 4.45. The van der Waals surface area contributed by atoms with Crippen molar-refractivity contribution < 1.29 is 4.79 Å². The third kappa shape index (κ3) is 4.70. The SMILES string of the molecule is Cc1ccc(-n2c(-c3ccc(Cl)c(Cl)c3)cnc2SCC(=O)Nc2nccs2)cc1.